The Morgan fingerprint density at radius 2 is 1.04 bits per heavy atom. The molecule has 1 unspecified atom stereocenters. The first kappa shape index (κ1) is 78.0. The molecule has 3 saturated heterocycles. The predicted octanol–water partition coefficient (Wildman–Crippen LogP) is 10.0. The molecule has 10 aromatic heterocycles. The average molecular weight is 1570 g/mol. The molecule has 10 N–H and O–H groups in total. The van der Waals surface area contributed by atoms with Gasteiger partial charge in [0.15, 0.2) is 16.9 Å². The molecule has 0 aromatic carbocycles. The summed E-state index contributed by atoms with van der Waals surface area (Å²) in [7, 11) is 4.06. The minimum Gasteiger partial charge on any atom is -0.379 e. The highest BCUT2D eigenvalue weighted by molar-refractivity contribution is 7.18. The van der Waals surface area contributed by atoms with Crippen molar-refractivity contribution in [2.75, 3.05) is 75.9 Å². The lowest BCUT2D eigenvalue weighted by Crippen LogP contribution is -2.39. The van der Waals surface area contributed by atoms with E-state index in [1.54, 1.807) is 27.6 Å². The van der Waals surface area contributed by atoms with Gasteiger partial charge in [-0.15, -0.1) is 34.0 Å². The maximum atomic E-state index is 12.9. The van der Waals surface area contributed by atoms with Gasteiger partial charge in [-0.05, 0) is 177 Å². The lowest BCUT2D eigenvalue weighted by molar-refractivity contribution is -0.119. The molecule has 0 bridgehead atoms. The number of fused-ring (bicyclic) bond motifs is 3. The zero-order chi connectivity index (χ0) is 78.5. The molecule has 112 heavy (non-hydrogen) atoms. The van der Waals surface area contributed by atoms with Crippen LogP contribution in [0.2, 0.25) is 0 Å². The van der Waals surface area contributed by atoms with Crippen molar-refractivity contribution in [2.45, 2.75) is 148 Å². The lowest BCUT2D eigenvalue weighted by atomic mass is 9.93. The Morgan fingerprint density at radius 3 is 1.44 bits per heavy atom. The van der Waals surface area contributed by atoms with Crippen LogP contribution in [0.1, 0.15) is 164 Å². The Hall–Kier alpha value is -10.7. The van der Waals surface area contributed by atoms with Gasteiger partial charge in [-0.1, -0.05) is 40.0 Å². The highest BCUT2D eigenvalue weighted by Gasteiger charge is 2.30. The van der Waals surface area contributed by atoms with Crippen LogP contribution in [-0.2, 0) is 14.3 Å². The van der Waals surface area contributed by atoms with E-state index >= 15 is 0 Å². The molecule has 28 nitrogen and oxygen atoms in total. The van der Waals surface area contributed by atoms with Gasteiger partial charge in [0, 0.05) is 110 Å². The van der Waals surface area contributed by atoms with Crippen molar-refractivity contribution in [3.05, 3.63) is 161 Å². The Labute approximate surface area is 660 Å². The molecule has 5 amide bonds. The first-order chi connectivity index (χ1) is 53.9. The Morgan fingerprint density at radius 1 is 0.607 bits per heavy atom. The summed E-state index contributed by atoms with van der Waals surface area (Å²) in [6.07, 6.45) is 24.0. The third-order valence-corrected chi connectivity index (χ3v) is 23.1. The molecule has 3 saturated carbocycles. The normalized spacial score (nSPS) is 17.5. The maximum absolute atomic E-state index is 12.9. The summed E-state index contributed by atoms with van der Waals surface area (Å²) in [6.45, 7) is 27.8. The first-order valence-corrected chi connectivity index (χ1v) is 40.8. The van der Waals surface area contributed by atoms with E-state index in [4.69, 9.17) is 19.7 Å². The summed E-state index contributed by atoms with van der Waals surface area (Å²) in [5.41, 5.74) is 9.23. The van der Waals surface area contributed by atoms with E-state index < -0.39 is 0 Å². The molecule has 16 rings (SSSR count). The molecule has 13 heterocycles. The number of nitrogens with zero attached hydrogens (tertiary/aromatic N) is 11. The summed E-state index contributed by atoms with van der Waals surface area (Å²) in [5, 5.41) is 40.0. The molecule has 1 atom stereocenters. The van der Waals surface area contributed by atoms with E-state index in [0.717, 1.165) is 148 Å². The number of aromatic nitrogens is 11. The van der Waals surface area contributed by atoms with E-state index in [1.165, 1.54) is 53.3 Å². The van der Waals surface area contributed by atoms with Gasteiger partial charge in [-0.2, -0.15) is 28.8 Å². The number of piperidine rings is 1. The molecule has 6 fully saturated rings. The summed E-state index contributed by atoms with van der Waals surface area (Å²) in [4.78, 5) is 103. The van der Waals surface area contributed by atoms with Crippen LogP contribution in [0, 0.1) is 5.41 Å². The molecule has 0 radical (unpaired) electrons. The van der Waals surface area contributed by atoms with Gasteiger partial charge < -0.3 is 67.0 Å². The molecular formula is C81H97N21O7S3. The number of ether oxygens (including phenoxy) is 1. The summed E-state index contributed by atoms with van der Waals surface area (Å²) < 4.78 is 10.9. The number of allylic oxidation sites excluding steroid dienone is 2. The molecular weight excluding hydrogens is 1480 g/mol. The number of thiophene rings is 3. The van der Waals surface area contributed by atoms with Crippen molar-refractivity contribution in [2.24, 2.45) is 5.41 Å². The fourth-order valence-corrected chi connectivity index (χ4v) is 16.3. The van der Waals surface area contributed by atoms with E-state index in [9.17, 15) is 28.8 Å². The van der Waals surface area contributed by atoms with Crippen molar-refractivity contribution < 1.29 is 28.7 Å². The highest BCUT2D eigenvalue weighted by Crippen LogP contribution is 2.37. The smallest absolute Gasteiger partial charge is 0.323 e. The number of aromatic amines is 2. The van der Waals surface area contributed by atoms with Gasteiger partial charge in [0.05, 0.1) is 94.6 Å². The molecule has 0 spiro atoms. The third kappa shape index (κ3) is 19.6. The molecule has 31 heteroatoms. The Balaban J connectivity index is 0.000000140. The number of anilines is 3. The summed E-state index contributed by atoms with van der Waals surface area (Å²) in [5.74, 6) is 2.21. The monoisotopic (exact) mass is 1570 g/mol. The Kier molecular flexibility index (Phi) is 23.8. The number of H-pyrrole nitrogens is 2. The van der Waals surface area contributed by atoms with Crippen molar-refractivity contribution in [1.29, 1.82) is 0 Å². The SMILES string of the molecule is C=C1NC(=O)C/C1=C\c1cnn2c(NC3CC3)cc(-c3ccc(C(=O)NCCCN4CCCCC4C)s3)nc12.C=C1NC(=O)C/C1=C\c1cnn2c(NC3CC3)cc(-c3ccc(C(=O)NCCCOC(C)C)s3)nc12.C=c1[nH]c(=O)[nH]/c1=C\c1cnn2c(NC3CC3)cc(-c3ccc(C(=O)NCC(C)(C)CN(C)C)s3)nc12. The van der Waals surface area contributed by atoms with Crippen molar-refractivity contribution in [3.8, 4) is 31.7 Å². The van der Waals surface area contributed by atoms with Crippen LogP contribution >= 0.6 is 34.0 Å². The van der Waals surface area contributed by atoms with Gasteiger partial charge in [0.25, 0.3) is 17.7 Å². The van der Waals surface area contributed by atoms with Gasteiger partial charge in [0.2, 0.25) is 11.8 Å². The second kappa shape index (κ2) is 34.1. The van der Waals surface area contributed by atoms with Crippen LogP contribution in [0.15, 0.2) is 114 Å². The molecule has 6 aliphatic rings. The van der Waals surface area contributed by atoms with Gasteiger partial charge in [0.1, 0.15) is 17.5 Å². The molecule has 3 aliphatic heterocycles. The van der Waals surface area contributed by atoms with Crippen LogP contribution in [0.25, 0.3) is 73.5 Å². The number of carbonyl (C=O) groups is 5. The summed E-state index contributed by atoms with van der Waals surface area (Å²) >= 11 is 4.27. The topological polar surface area (TPSA) is 337 Å². The van der Waals surface area contributed by atoms with E-state index in [-0.39, 0.29) is 53.2 Å². The molecule has 586 valence electrons. The quantitative estimate of drug-likeness (QED) is 0.0204. The number of likely N-dealkylation sites (tertiary alicyclic amines) is 1. The number of amides is 5. The number of carbonyl (C=O) groups excluding carboxylic acids is 5. The number of hydrogen-bond donors (Lipinski definition) is 10. The number of nitrogens with one attached hydrogen (secondary N) is 10. The van der Waals surface area contributed by atoms with Crippen LogP contribution in [0.4, 0.5) is 17.5 Å². The fraction of sp³-hybridized carbons (Fsp3) is 0.407. The average Bonchev–Trinajstić information content (AvgIpc) is 1.63. The largest absolute Gasteiger partial charge is 0.379 e. The molecule has 10 aromatic rings. The van der Waals surface area contributed by atoms with E-state index in [1.807, 2.05) is 105 Å². The lowest BCUT2D eigenvalue weighted by Gasteiger charge is -2.33. The highest BCUT2D eigenvalue weighted by atomic mass is 32.1. The maximum Gasteiger partial charge on any atom is 0.323 e. The minimum absolute atomic E-state index is 0.0398. The van der Waals surface area contributed by atoms with Crippen LogP contribution < -0.4 is 58.9 Å². The third-order valence-electron chi connectivity index (χ3n) is 19.8. The number of rotatable bonds is 28. The van der Waals surface area contributed by atoms with Crippen LogP contribution in [-0.4, -0.2) is 183 Å². The van der Waals surface area contributed by atoms with Gasteiger partial charge in [-0.3, -0.25) is 24.0 Å². The number of imidazole rings is 1. The minimum atomic E-state index is -0.313. The first-order valence-electron chi connectivity index (χ1n) is 38.4. The van der Waals surface area contributed by atoms with Crippen molar-refractivity contribution >= 4 is 123 Å². The van der Waals surface area contributed by atoms with Gasteiger partial charge in [-0.25, -0.2) is 19.7 Å². The van der Waals surface area contributed by atoms with Crippen LogP contribution in [0.5, 0.6) is 0 Å². The van der Waals surface area contributed by atoms with Crippen molar-refractivity contribution in [1.82, 2.24) is 90.1 Å². The van der Waals surface area contributed by atoms with Crippen LogP contribution in [0.3, 0.4) is 0 Å². The molecule has 3 aliphatic carbocycles. The van der Waals surface area contributed by atoms with Gasteiger partial charge >= 0.3 is 5.69 Å². The zero-order valence-corrected chi connectivity index (χ0v) is 66.8. The Bertz CT molecular complexity index is 5480. The second-order valence-corrected chi connectivity index (χ2v) is 34.1. The fourth-order valence-electron chi connectivity index (χ4n) is 13.6. The second-order valence-electron chi connectivity index (χ2n) is 30.8. The van der Waals surface area contributed by atoms with E-state index in [2.05, 4.69) is 118 Å². The summed E-state index contributed by atoms with van der Waals surface area (Å²) in [6, 6.07) is 19.2. The predicted molar refractivity (Wildman–Crippen MR) is 443 cm³/mol. The number of hydrogen-bond acceptors (Lipinski definition) is 21. The van der Waals surface area contributed by atoms with E-state index in [0.29, 0.717) is 110 Å². The standard InChI is InChI=1S/C29H35N7O2S.C26H32N8O2S.C26H30N6O3S/c1-18-6-3-4-12-35(18)13-5-11-30-29(38)25-10-9-24(39-25)23-16-26(33-22-7-8-22)36-28(34-23)21(17-31-36)14-20-15-27(37)32-19(20)2;1-15-18(32-25(36)29-15)10-16-12-28-34-22(30-17-6-7-17)11-19(31-23(16)34)20-8-9-21(37-20)24(35)27-13-26(2,3)14-33(4)5;1-15(2)35-10-4-9-27-26(34)22-8-7-21(36-22)20-13-23(30-19-5-6-19)32-25(31-20)18(14-28-32)11-17-12-24(33)29-16(17)3/h9-10,14,16-18,22,33H,2-8,11-13,15H2,1H3,(H,30,38)(H,32,37);8-12,17,30H,1,6-7,13-14H2,2-5H3,(H,27,35)(H2,29,32,36);7-8,11,13-15,19,30H,3-6,9-10,12H2,1-2H3,(H,27,34)(H,29,33)/b20-14+;18-10-;17-11+. The van der Waals surface area contributed by atoms with Crippen molar-refractivity contribution in [3.63, 3.8) is 0 Å². The zero-order valence-electron chi connectivity index (χ0n) is 64.3.